The molecule has 3 aromatic rings. The van der Waals surface area contributed by atoms with Gasteiger partial charge in [-0.15, -0.1) is 0 Å². The van der Waals surface area contributed by atoms with Crippen LogP contribution in [0.5, 0.6) is 5.75 Å². The molecule has 26 heavy (non-hydrogen) atoms. The number of methoxy groups -OCH3 is 1. The fourth-order valence-electron chi connectivity index (χ4n) is 3.29. The van der Waals surface area contributed by atoms with Crippen molar-refractivity contribution in [3.8, 4) is 34.1 Å². The van der Waals surface area contributed by atoms with Gasteiger partial charge in [0, 0.05) is 22.4 Å². The lowest BCUT2D eigenvalue weighted by atomic mass is 9.87. The van der Waals surface area contributed by atoms with Crippen LogP contribution in [-0.2, 0) is 0 Å². The topological polar surface area (TPSA) is 71.9 Å². The molecule has 1 aromatic heterocycles. The second-order valence-electron chi connectivity index (χ2n) is 6.34. The molecule has 0 saturated carbocycles. The van der Waals surface area contributed by atoms with Crippen LogP contribution in [0.2, 0.25) is 0 Å². The Morgan fingerprint density at radius 2 is 1.73 bits per heavy atom. The van der Waals surface area contributed by atoms with Gasteiger partial charge in [-0.05, 0) is 38.0 Å². The van der Waals surface area contributed by atoms with Crippen LogP contribution >= 0.6 is 0 Å². The van der Waals surface area contributed by atoms with Gasteiger partial charge in [-0.1, -0.05) is 42.0 Å². The highest BCUT2D eigenvalue weighted by Crippen LogP contribution is 2.43. The lowest BCUT2D eigenvalue weighted by molar-refractivity contribution is 0.416. The summed E-state index contributed by atoms with van der Waals surface area (Å²) in [5.41, 5.74) is 13.0. The van der Waals surface area contributed by atoms with Gasteiger partial charge in [0.2, 0.25) is 0 Å². The Labute approximate surface area is 153 Å². The Kier molecular flexibility index (Phi) is 4.64. The van der Waals surface area contributed by atoms with E-state index in [1.807, 2.05) is 45.0 Å². The quantitative estimate of drug-likeness (QED) is 0.741. The molecule has 0 unspecified atom stereocenters. The van der Waals surface area contributed by atoms with Crippen LogP contribution in [0.25, 0.3) is 22.3 Å². The molecule has 3 rings (SSSR count). The van der Waals surface area contributed by atoms with Gasteiger partial charge in [-0.3, -0.25) is 0 Å². The summed E-state index contributed by atoms with van der Waals surface area (Å²) in [4.78, 5) is 4.43. The van der Waals surface area contributed by atoms with E-state index in [2.05, 4.69) is 29.3 Å². The minimum Gasteiger partial charge on any atom is -0.496 e. The fourth-order valence-corrected chi connectivity index (χ4v) is 3.29. The molecule has 0 saturated heterocycles. The molecule has 4 nitrogen and oxygen atoms in total. The fraction of sp³-hybridized carbons (Fsp3) is 0.182. The molecular formula is C22H21N3O. The Bertz CT molecular complexity index is 1030. The molecule has 0 atom stereocenters. The number of para-hydroxylation sites is 1. The molecule has 0 aliphatic carbocycles. The summed E-state index contributed by atoms with van der Waals surface area (Å²) in [5, 5.41) is 9.81. The summed E-state index contributed by atoms with van der Waals surface area (Å²) in [6, 6.07) is 16.2. The number of nitriles is 1. The average molecular weight is 343 g/mol. The van der Waals surface area contributed by atoms with Crippen molar-refractivity contribution in [1.29, 1.82) is 5.26 Å². The van der Waals surface area contributed by atoms with Crippen molar-refractivity contribution in [3.63, 3.8) is 0 Å². The lowest BCUT2D eigenvalue weighted by Gasteiger charge is -2.19. The molecule has 0 aliphatic heterocycles. The molecule has 4 heteroatoms. The molecule has 0 bridgehead atoms. The smallest absolute Gasteiger partial charge is 0.142 e. The van der Waals surface area contributed by atoms with E-state index in [-0.39, 0.29) is 5.82 Å². The van der Waals surface area contributed by atoms with Gasteiger partial charge in [0.15, 0.2) is 0 Å². The van der Waals surface area contributed by atoms with Crippen LogP contribution in [0.1, 0.15) is 22.4 Å². The van der Waals surface area contributed by atoms with Crippen molar-refractivity contribution in [2.24, 2.45) is 0 Å². The summed E-state index contributed by atoms with van der Waals surface area (Å²) >= 11 is 0. The highest BCUT2D eigenvalue weighted by atomic mass is 16.5. The summed E-state index contributed by atoms with van der Waals surface area (Å²) in [6.45, 7) is 5.98. The van der Waals surface area contributed by atoms with Crippen molar-refractivity contribution >= 4 is 5.82 Å². The van der Waals surface area contributed by atoms with Crippen molar-refractivity contribution in [2.75, 3.05) is 12.8 Å². The number of nitrogen functional groups attached to an aromatic ring is 1. The largest absolute Gasteiger partial charge is 0.496 e. The lowest BCUT2D eigenvalue weighted by Crippen LogP contribution is -2.04. The Morgan fingerprint density at radius 1 is 1.00 bits per heavy atom. The number of ether oxygens (including phenoxy) is 1. The summed E-state index contributed by atoms with van der Waals surface area (Å²) < 4.78 is 5.56. The normalized spacial score (nSPS) is 10.4. The van der Waals surface area contributed by atoms with Gasteiger partial charge in [0.25, 0.3) is 0 Å². The van der Waals surface area contributed by atoms with Crippen LogP contribution in [0.15, 0.2) is 42.5 Å². The second kappa shape index (κ2) is 6.89. The summed E-state index contributed by atoms with van der Waals surface area (Å²) in [7, 11) is 1.64. The molecule has 2 N–H and O–H groups in total. The van der Waals surface area contributed by atoms with Gasteiger partial charge < -0.3 is 10.5 Å². The molecular weight excluding hydrogens is 322 g/mol. The van der Waals surface area contributed by atoms with E-state index >= 15 is 0 Å². The monoisotopic (exact) mass is 343 g/mol. The number of hydrogen-bond acceptors (Lipinski definition) is 4. The molecule has 0 spiro atoms. The van der Waals surface area contributed by atoms with Crippen LogP contribution in [0.4, 0.5) is 5.82 Å². The standard InChI is InChI=1S/C22H21N3O/c1-13-9-10-14(2)17(11-13)21-18(12-23)22(24)25-15(3)20(21)16-7-5-6-8-19(16)26-4/h5-11H,1-4H3,(H2,24,25). The van der Waals surface area contributed by atoms with Crippen molar-refractivity contribution in [1.82, 2.24) is 4.98 Å². The van der Waals surface area contributed by atoms with Gasteiger partial charge in [0.05, 0.1) is 7.11 Å². The number of nitrogens with zero attached hydrogens (tertiary/aromatic N) is 2. The number of aromatic nitrogens is 1. The number of pyridine rings is 1. The first-order valence-electron chi connectivity index (χ1n) is 8.39. The molecule has 0 radical (unpaired) electrons. The zero-order valence-corrected chi connectivity index (χ0v) is 15.4. The average Bonchev–Trinajstić information content (AvgIpc) is 2.63. The van der Waals surface area contributed by atoms with E-state index in [0.717, 1.165) is 44.8 Å². The van der Waals surface area contributed by atoms with Crippen molar-refractivity contribution in [2.45, 2.75) is 20.8 Å². The Balaban J connectivity index is 2.50. The molecule has 0 amide bonds. The maximum atomic E-state index is 9.81. The Hall–Kier alpha value is -3.32. The van der Waals surface area contributed by atoms with Crippen LogP contribution in [-0.4, -0.2) is 12.1 Å². The minimum atomic E-state index is 0.250. The molecule has 0 aliphatic rings. The predicted octanol–water partition coefficient (Wildman–Crippen LogP) is 4.80. The highest BCUT2D eigenvalue weighted by Gasteiger charge is 2.22. The van der Waals surface area contributed by atoms with Crippen LogP contribution in [0, 0.1) is 32.1 Å². The molecule has 0 fully saturated rings. The highest BCUT2D eigenvalue weighted by molar-refractivity contribution is 5.93. The van der Waals surface area contributed by atoms with Gasteiger partial charge in [-0.25, -0.2) is 4.98 Å². The molecule has 2 aromatic carbocycles. The van der Waals surface area contributed by atoms with E-state index in [1.54, 1.807) is 7.11 Å². The van der Waals surface area contributed by atoms with Crippen molar-refractivity contribution < 1.29 is 4.74 Å². The maximum absolute atomic E-state index is 9.81. The first kappa shape index (κ1) is 17.5. The number of rotatable bonds is 3. The zero-order chi connectivity index (χ0) is 18.8. The van der Waals surface area contributed by atoms with E-state index in [4.69, 9.17) is 10.5 Å². The van der Waals surface area contributed by atoms with Gasteiger partial charge in [-0.2, -0.15) is 5.26 Å². The third-order valence-electron chi connectivity index (χ3n) is 4.56. The second-order valence-corrected chi connectivity index (χ2v) is 6.34. The van der Waals surface area contributed by atoms with E-state index in [1.165, 1.54) is 0 Å². The predicted molar refractivity (Wildman–Crippen MR) is 105 cm³/mol. The number of aryl methyl sites for hydroxylation is 3. The number of anilines is 1. The van der Waals surface area contributed by atoms with E-state index in [9.17, 15) is 5.26 Å². The summed E-state index contributed by atoms with van der Waals surface area (Å²) in [5.74, 6) is 0.983. The third-order valence-corrected chi connectivity index (χ3v) is 4.56. The van der Waals surface area contributed by atoms with Gasteiger partial charge >= 0.3 is 0 Å². The van der Waals surface area contributed by atoms with Crippen LogP contribution in [0.3, 0.4) is 0 Å². The third kappa shape index (κ3) is 2.89. The first-order chi connectivity index (χ1) is 12.5. The summed E-state index contributed by atoms with van der Waals surface area (Å²) in [6.07, 6.45) is 0. The van der Waals surface area contributed by atoms with Crippen LogP contribution < -0.4 is 10.5 Å². The maximum Gasteiger partial charge on any atom is 0.142 e. The van der Waals surface area contributed by atoms with E-state index in [0.29, 0.717) is 5.56 Å². The minimum absolute atomic E-state index is 0.250. The number of nitrogens with two attached hydrogens (primary N) is 1. The number of hydrogen-bond donors (Lipinski definition) is 1. The Morgan fingerprint density at radius 3 is 2.42 bits per heavy atom. The van der Waals surface area contributed by atoms with Crippen molar-refractivity contribution in [3.05, 3.63) is 64.8 Å². The molecule has 130 valence electrons. The molecule has 1 heterocycles. The SMILES string of the molecule is COc1ccccc1-c1c(C)nc(N)c(C#N)c1-c1cc(C)ccc1C. The number of benzene rings is 2. The first-order valence-corrected chi connectivity index (χ1v) is 8.39. The van der Waals surface area contributed by atoms with Gasteiger partial charge in [0.1, 0.15) is 23.2 Å². The zero-order valence-electron chi connectivity index (χ0n) is 15.4. The van der Waals surface area contributed by atoms with E-state index < -0.39 is 0 Å².